The number of rotatable bonds is 6. The predicted octanol–water partition coefficient (Wildman–Crippen LogP) is 4.64. The Labute approximate surface area is 162 Å². The number of nitrogens with two attached hydrogens (primary N) is 2. The summed E-state index contributed by atoms with van der Waals surface area (Å²) in [5, 5.41) is 8.51. The maximum absolute atomic E-state index is 5.89. The highest BCUT2D eigenvalue weighted by atomic mass is 32.2. The molecule has 0 aliphatic heterocycles. The number of nitrogen functional groups attached to an aromatic ring is 1. The van der Waals surface area contributed by atoms with E-state index in [4.69, 9.17) is 16.2 Å². The molecule has 0 aromatic heterocycles. The molecular formula is C21H20N4OS. The van der Waals surface area contributed by atoms with Crippen LogP contribution >= 0.6 is 11.8 Å². The first-order valence-electron chi connectivity index (χ1n) is 8.36. The van der Waals surface area contributed by atoms with Crippen LogP contribution in [0.4, 0.5) is 5.69 Å². The van der Waals surface area contributed by atoms with E-state index < -0.39 is 0 Å². The highest BCUT2D eigenvalue weighted by Crippen LogP contribution is 2.22. The van der Waals surface area contributed by atoms with E-state index in [9.17, 15) is 0 Å². The number of hydrogen-bond donors (Lipinski definition) is 2. The molecule has 6 heteroatoms. The second kappa shape index (κ2) is 9.45. The fraction of sp³-hybridized carbons (Fsp3) is 0.0476. The lowest BCUT2D eigenvalue weighted by Crippen LogP contribution is -2.05. The van der Waals surface area contributed by atoms with Gasteiger partial charge in [-0.15, -0.1) is 5.10 Å². The van der Waals surface area contributed by atoms with Gasteiger partial charge in [0.1, 0.15) is 11.5 Å². The van der Waals surface area contributed by atoms with Crippen LogP contribution in [0.5, 0.6) is 11.5 Å². The molecule has 0 spiro atoms. The summed E-state index contributed by atoms with van der Waals surface area (Å²) in [6.07, 6.45) is 1.64. The van der Waals surface area contributed by atoms with Crippen molar-refractivity contribution in [3.8, 4) is 11.5 Å². The normalized spacial score (nSPS) is 11.6. The van der Waals surface area contributed by atoms with Crippen LogP contribution in [0.3, 0.4) is 0 Å². The molecule has 3 rings (SSSR count). The van der Waals surface area contributed by atoms with Crippen LogP contribution in [0.2, 0.25) is 0 Å². The highest BCUT2D eigenvalue weighted by Gasteiger charge is 1.99. The van der Waals surface area contributed by atoms with Gasteiger partial charge in [0.15, 0.2) is 5.17 Å². The van der Waals surface area contributed by atoms with E-state index in [1.54, 1.807) is 18.3 Å². The maximum atomic E-state index is 5.89. The Balaban J connectivity index is 1.57. The number of anilines is 1. The van der Waals surface area contributed by atoms with E-state index >= 15 is 0 Å². The van der Waals surface area contributed by atoms with Gasteiger partial charge in [0, 0.05) is 11.4 Å². The molecule has 0 saturated heterocycles. The smallest absolute Gasteiger partial charge is 0.180 e. The van der Waals surface area contributed by atoms with Crippen molar-refractivity contribution in [2.24, 2.45) is 15.9 Å². The third-order valence-electron chi connectivity index (χ3n) is 3.57. The molecule has 0 aliphatic carbocycles. The Bertz CT molecular complexity index is 924. The third-order valence-corrected chi connectivity index (χ3v) is 4.42. The first kappa shape index (κ1) is 18.5. The summed E-state index contributed by atoms with van der Waals surface area (Å²) >= 11 is 1.45. The summed E-state index contributed by atoms with van der Waals surface area (Å²) in [4.78, 5) is 0. The molecule has 0 atom stereocenters. The van der Waals surface area contributed by atoms with Gasteiger partial charge in [-0.05, 0) is 47.5 Å². The van der Waals surface area contributed by atoms with Crippen molar-refractivity contribution in [2.45, 2.75) is 5.75 Å². The number of thioether (sulfide) groups is 1. The largest absolute Gasteiger partial charge is 0.457 e. The molecule has 0 fully saturated rings. The quantitative estimate of drug-likeness (QED) is 0.284. The molecule has 5 nitrogen and oxygen atoms in total. The fourth-order valence-electron chi connectivity index (χ4n) is 2.24. The molecule has 3 aromatic carbocycles. The Morgan fingerprint density at radius 1 is 0.926 bits per heavy atom. The van der Waals surface area contributed by atoms with Crippen molar-refractivity contribution < 1.29 is 4.74 Å². The van der Waals surface area contributed by atoms with Gasteiger partial charge in [-0.2, -0.15) is 5.10 Å². The maximum Gasteiger partial charge on any atom is 0.180 e. The average molecular weight is 376 g/mol. The van der Waals surface area contributed by atoms with Gasteiger partial charge < -0.3 is 16.2 Å². The minimum Gasteiger partial charge on any atom is -0.457 e. The zero-order valence-corrected chi connectivity index (χ0v) is 15.5. The van der Waals surface area contributed by atoms with Crippen molar-refractivity contribution in [3.05, 3.63) is 90.0 Å². The van der Waals surface area contributed by atoms with Crippen LogP contribution < -0.4 is 16.2 Å². The number of nitrogens with zero attached hydrogens (tertiary/aromatic N) is 2. The molecule has 0 aliphatic rings. The van der Waals surface area contributed by atoms with Crippen LogP contribution in [0.25, 0.3) is 0 Å². The van der Waals surface area contributed by atoms with Crippen LogP contribution in [0, 0.1) is 0 Å². The minimum absolute atomic E-state index is 0.421. The fourth-order valence-corrected chi connectivity index (χ4v) is 2.85. The van der Waals surface area contributed by atoms with Gasteiger partial charge in [-0.1, -0.05) is 54.2 Å². The summed E-state index contributed by atoms with van der Waals surface area (Å²) in [5.41, 5.74) is 14.3. The molecule has 4 N–H and O–H groups in total. The summed E-state index contributed by atoms with van der Waals surface area (Å²) in [6, 6.07) is 24.9. The highest BCUT2D eigenvalue weighted by molar-refractivity contribution is 8.13. The topological polar surface area (TPSA) is 86.0 Å². The van der Waals surface area contributed by atoms with Crippen LogP contribution in [0.1, 0.15) is 11.1 Å². The van der Waals surface area contributed by atoms with Gasteiger partial charge in [-0.3, -0.25) is 0 Å². The van der Waals surface area contributed by atoms with E-state index in [1.807, 2.05) is 54.6 Å². The molecule has 27 heavy (non-hydrogen) atoms. The first-order valence-corrected chi connectivity index (χ1v) is 9.34. The minimum atomic E-state index is 0.421. The summed E-state index contributed by atoms with van der Waals surface area (Å²) in [5.74, 6) is 2.19. The molecule has 0 saturated carbocycles. The Morgan fingerprint density at radius 3 is 2.48 bits per heavy atom. The first-order chi connectivity index (χ1) is 13.2. The van der Waals surface area contributed by atoms with Gasteiger partial charge in [-0.25, -0.2) is 0 Å². The summed E-state index contributed by atoms with van der Waals surface area (Å²) in [7, 11) is 0. The lowest BCUT2D eigenvalue weighted by atomic mass is 10.2. The average Bonchev–Trinajstić information content (AvgIpc) is 2.69. The van der Waals surface area contributed by atoms with Crippen LogP contribution in [0.15, 0.2) is 89.1 Å². The van der Waals surface area contributed by atoms with Crippen molar-refractivity contribution in [2.75, 3.05) is 5.73 Å². The van der Waals surface area contributed by atoms with Crippen molar-refractivity contribution >= 4 is 28.8 Å². The molecule has 0 amide bonds. The molecular weight excluding hydrogens is 356 g/mol. The standard InChI is InChI=1S/C21H20N4OS/c22-18-9-11-19(12-10-18)26-20-8-4-7-17(13-20)14-24-25-21(23)27-15-16-5-2-1-3-6-16/h1-14H,15,22H2,(H2,23,25). The number of hydrogen-bond acceptors (Lipinski definition) is 5. The molecule has 0 heterocycles. The van der Waals surface area contributed by atoms with E-state index in [1.165, 1.54) is 17.3 Å². The van der Waals surface area contributed by atoms with E-state index in [0.29, 0.717) is 16.6 Å². The number of amidine groups is 1. The number of ether oxygens (including phenoxy) is 1. The Morgan fingerprint density at radius 2 is 1.70 bits per heavy atom. The molecule has 0 unspecified atom stereocenters. The molecule has 0 radical (unpaired) electrons. The van der Waals surface area contributed by atoms with Gasteiger partial charge in [0.05, 0.1) is 6.21 Å². The van der Waals surface area contributed by atoms with Crippen LogP contribution in [-0.4, -0.2) is 11.4 Å². The van der Waals surface area contributed by atoms with E-state index in [-0.39, 0.29) is 0 Å². The second-order valence-electron chi connectivity index (χ2n) is 5.70. The van der Waals surface area contributed by atoms with Crippen LogP contribution in [-0.2, 0) is 5.75 Å². The summed E-state index contributed by atoms with van der Waals surface area (Å²) < 4.78 is 5.81. The SMILES string of the molecule is NC(=NN=Cc1cccc(Oc2ccc(N)cc2)c1)SCc1ccccc1. The van der Waals surface area contributed by atoms with Crippen molar-refractivity contribution in [1.29, 1.82) is 0 Å². The monoisotopic (exact) mass is 376 g/mol. The lowest BCUT2D eigenvalue weighted by molar-refractivity contribution is 0.482. The Kier molecular flexibility index (Phi) is 6.49. The van der Waals surface area contributed by atoms with Gasteiger partial charge in [0.25, 0.3) is 0 Å². The third kappa shape index (κ3) is 6.20. The molecule has 3 aromatic rings. The van der Waals surface area contributed by atoms with E-state index in [2.05, 4.69) is 22.3 Å². The predicted molar refractivity (Wildman–Crippen MR) is 114 cm³/mol. The molecule has 136 valence electrons. The van der Waals surface area contributed by atoms with Crippen molar-refractivity contribution in [1.82, 2.24) is 0 Å². The van der Waals surface area contributed by atoms with Gasteiger partial charge in [0.2, 0.25) is 0 Å². The zero-order chi connectivity index (χ0) is 18.9. The number of benzene rings is 3. The Hall–Kier alpha value is -3.25. The van der Waals surface area contributed by atoms with Gasteiger partial charge >= 0.3 is 0 Å². The molecule has 0 bridgehead atoms. The lowest BCUT2D eigenvalue weighted by Gasteiger charge is -2.06. The van der Waals surface area contributed by atoms with Crippen molar-refractivity contribution in [3.63, 3.8) is 0 Å². The zero-order valence-electron chi connectivity index (χ0n) is 14.7. The second-order valence-corrected chi connectivity index (χ2v) is 6.70. The van der Waals surface area contributed by atoms with E-state index in [0.717, 1.165) is 17.1 Å². The summed E-state index contributed by atoms with van der Waals surface area (Å²) in [6.45, 7) is 0.